The minimum atomic E-state index is -0.299. The van der Waals surface area contributed by atoms with Gasteiger partial charge in [-0.25, -0.2) is 9.89 Å². The van der Waals surface area contributed by atoms with E-state index in [4.69, 9.17) is 4.74 Å². The number of hydrogen-bond donors (Lipinski definition) is 1. The van der Waals surface area contributed by atoms with Crippen LogP contribution in [0.25, 0.3) is 0 Å². The van der Waals surface area contributed by atoms with Gasteiger partial charge in [0.15, 0.2) is 0 Å². The van der Waals surface area contributed by atoms with Gasteiger partial charge in [-0.3, -0.25) is 4.79 Å². The van der Waals surface area contributed by atoms with Gasteiger partial charge in [-0.2, -0.15) is 5.10 Å². The Balaban J connectivity index is 2.11. The lowest BCUT2D eigenvalue weighted by Gasteiger charge is -2.18. The van der Waals surface area contributed by atoms with E-state index in [1.165, 1.54) is 0 Å². The normalized spacial score (nSPS) is 15.0. The molecule has 1 aliphatic rings. The number of fused-ring (bicyclic) bond motifs is 1. The van der Waals surface area contributed by atoms with Gasteiger partial charge in [0.25, 0.3) is 5.56 Å². The van der Waals surface area contributed by atoms with Gasteiger partial charge in [-0.15, -0.1) is 0 Å². The van der Waals surface area contributed by atoms with Crippen LogP contribution in [0.5, 0.6) is 0 Å². The fourth-order valence-electron chi connectivity index (χ4n) is 1.91. The number of nitrogens with one attached hydrogen (secondary N) is 1. The van der Waals surface area contributed by atoms with Gasteiger partial charge < -0.3 is 9.64 Å². The summed E-state index contributed by atoms with van der Waals surface area (Å²) >= 11 is 0. The molecule has 2 heterocycles. The molecule has 1 aliphatic heterocycles. The molecule has 1 amide bonds. The molecule has 0 radical (unpaired) electrons. The zero-order chi connectivity index (χ0) is 12.3. The third kappa shape index (κ3) is 2.64. The van der Waals surface area contributed by atoms with Crippen molar-refractivity contribution in [3.05, 3.63) is 27.7 Å². The van der Waals surface area contributed by atoms with Gasteiger partial charge >= 0.3 is 6.09 Å². The highest BCUT2D eigenvalue weighted by molar-refractivity contribution is 5.67. The number of aromatic amines is 1. The minimum Gasteiger partial charge on any atom is -0.450 e. The summed E-state index contributed by atoms with van der Waals surface area (Å²) in [5, 5.41) is 6.42. The first-order valence-electron chi connectivity index (χ1n) is 5.70. The Kier molecular flexibility index (Phi) is 3.41. The maximum absolute atomic E-state index is 11.6. The summed E-state index contributed by atoms with van der Waals surface area (Å²) in [5.74, 6) is 0. The molecule has 0 fully saturated rings. The van der Waals surface area contributed by atoms with Crippen LogP contribution in [-0.2, 0) is 17.6 Å². The van der Waals surface area contributed by atoms with Crippen molar-refractivity contribution < 1.29 is 9.53 Å². The largest absolute Gasteiger partial charge is 0.450 e. The molecule has 92 valence electrons. The molecule has 6 nitrogen and oxygen atoms in total. The van der Waals surface area contributed by atoms with E-state index >= 15 is 0 Å². The number of ether oxygens (including phenoxy) is 1. The first-order valence-corrected chi connectivity index (χ1v) is 5.70. The van der Waals surface area contributed by atoms with Crippen molar-refractivity contribution in [2.24, 2.45) is 0 Å². The van der Waals surface area contributed by atoms with Crippen LogP contribution in [0.4, 0.5) is 4.79 Å². The first kappa shape index (κ1) is 11.6. The summed E-state index contributed by atoms with van der Waals surface area (Å²) < 4.78 is 4.96. The van der Waals surface area contributed by atoms with Crippen LogP contribution in [0.2, 0.25) is 0 Å². The molecule has 1 N–H and O–H groups in total. The van der Waals surface area contributed by atoms with Crippen LogP contribution in [0.15, 0.2) is 10.9 Å². The Morgan fingerprint density at radius 1 is 1.53 bits per heavy atom. The predicted molar refractivity (Wildman–Crippen MR) is 60.9 cm³/mol. The second-order valence-electron chi connectivity index (χ2n) is 3.89. The molecular weight excluding hydrogens is 222 g/mol. The Hall–Kier alpha value is -1.85. The molecule has 1 aromatic heterocycles. The first-order chi connectivity index (χ1) is 8.20. The number of carbonyl (C=O) groups is 1. The topological polar surface area (TPSA) is 75.3 Å². The maximum atomic E-state index is 11.6. The predicted octanol–water partition coefficient (Wildman–Crippen LogP) is 0.327. The number of amides is 1. The number of nitrogens with zero attached hydrogens (tertiary/aromatic N) is 2. The van der Waals surface area contributed by atoms with E-state index in [9.17, 15) is 9.59 Å². The van der Waals surface area contributed by atoms with Crippen LogP contribution in [0.1, 0.15) is 18.2 Å². The van der Waals surface area contributed by atoms with E-state index < -0.39 is 0 Å². The highest BCUT2D eigenvalue weighted by atomic mass is 16.6. The van der Waals surface area contributed by atoms with E-state index in [-0.39, 0.29) is 11.7 Å². The van der Waals surface area contributed by atoms with Crippen LogP contribution in [0, 0.1) is 0 Å². The van der Waals surface area contributed by atoms with Crippen molar-refractivity contribution in [1.29, 1.82) is 0 Å². The fourth-order valence-corrected chi connectivity index (χ4v) is 1.91. The number of rotatable bonds is 1. The molecular formula is C11H15N3O3. The Bertz CT molecular complexity index is 469. The summed E-state index contributed by atoms with van der Waals surface area (Å²) in [6.07, 6.45) is 0.988. The third-order valence-electron chi connectivity index (χ3n) is 2.77. The molecule has 0 unspecified atom stereocenters. The smallest absolute Gasteiger partial charge is 0.409 e. The zero-order valence-corrected chi connectivity index (χ0v) is 9.73. The van der Waals surface area contributed by atoms with Gasteiger partial charge in [0.05, 0.1) is 12.3 Å². The van der Waals surface area contributed by atoms with Crippen molar-refractivity contribution in [2.75, 3.05) is 19.7 Å². The molecule has 0 bridgehead atoms. The lowest BCUT2D eigenvalue weighted by Crippen LogP contribution is -2.33. The second-order valence-corrected chi connectivity index (χ2v) is 3.89. The molecule has 6 heteroatoms. The van der Waals surface area contributed by atoms with E-state index in [1.54, 1.807) is 17.9 Å². The van der Waals surface area contributed by atoms with E-state index in [2.05, 4.69) is 10.2 Å². The van der Waals surface area contributed by atoms with Crippen LogP contribution < -0.4 is 5.56 Å². The SMILES string of the molecule is CCOC(=O)N1CCc2cc(=O)[nH]nc2CC1. The van der Waals surface area contributed by atoms with Crippen molar-refractivity contribution in [3.63, 3.8) is 0 Å². The maximum Gasteiger partial charge on any atom is 0.409 e. The van der Waals surface area contributed by atoms with Crippen molar-refractivity contribution in [1.82, 2.24) is 15.1 Å². The lowest BCUT2D eigenvalue weighted by atomic mass is 10.1. The summed E-state index contributed by atoms with van der Waals surface area (Å²) in [6, 6.07) is 1.55. The Morgan fingerprint density at radius 2 is 2.29 bits per heavy atom. The Labute approximate surface area is 98.6 Å². The summed E-state index contributed by atoms with van der Waals surface area (Å²) in [5.41, 5.74) is 1.57. The molecule has 1 aromatic rings. The van der Waals surface area contributed by atoms with E-state index in [0.29, 0.717) is 32.5 Å². The van der Waals surface area contributed by atoms with Crippen molar-refractivity contribution in [2.45, 2.75) is 19.8 Å². The molecule has 0 spiro atoms. The number of aromatic nitrogens is 2. The molecule has 0 aliphatic carbocycles. The summed E-state index contributed by atoms with van der Waals surface area (Å²) in [6.45, 7) is 3.30. The summed E-state index contributed by atoms with van der Waals surface area (Å²) in [4.78, 5) is 24.4. The van der Waals surface area contributed by atoms with Gasteiger partial charge in [0.1, 0.15) is 0 Å². The summed E-state index contributed by atoms with van der Waals surface area (Å²) in [7, 11) is 0. The van der Waals surface area contributed by atoms with E-state index in [0.717, 1.165) is 11.3 Å². The average Bonchev–Trinajstić information content (AvgIpc) is 2.51. The Morgan fingerprint density at radius 3 is 3.06 bits per heavy atom. The van der Waals surface area contributed by atoms with Gasteiger partial charge in [-0.05, 0) is 18.9 Å². The second kappa shape index (κ2) is 4.99. The third-order valence-corrected chi connectivity index (χ3v) is 2.77. The van der Waals surface area contributed by atoms with Gasteiger partial charge in [-0.1, -0.05) is 0 Å². The van der Waals surface area contributed by atoms with Gasteiger partial charge in [0, 0.05) is 25.6 Å². The fraction of sp³-hybridized carbons (Fsp3) is 0.545. The van der Waals surface area contributed by atoms with E-state index in [1.807, 2.05) is 0 Å². The number of H-pyrrole nitrogens is 1. The van der Waals surface area contributed by atoms with Gasteiger partial charge in [0.2, 0.25) is 0 Å². The molecule has 0 saturated carbocycles. The highest BCUT2D eigenvalue weighted by Crippen LogP contribution is 2.11. The van der Waals surface area contributed by atoms with Crippen molar-refractivity contribution >= 4 is 6.09 Å². The highest BCUT2D eigenvalue weighted by Gasteiger charge is 2.20. The van der Waals surface area contributed by atoms with Crippen LogP contribution >= 0.6 is 0 Å². The number of carbonyl (C=O) groups excluding carboxylic acids is 1. The lowest BCUT2D eigenvalue weighted by molar-refractivity contribution is 0.109. The average molecular weight is 237 g/mol. The monoisotopic (exact) mass is 237 g/mol. The standard InChI is InChI=1S/C11H15N3O3/c1-2-17-11(16)14-5-3-8-7-10(15)13-12-9(8)4-6-14/h7H,2-6H2,1H3,(H,13,15). The van der Waals surface area contributed by atoms with Crippen LogP contribution in [-0.4, -0.2) is 40.9 Å². The van der Waals surface area contributed by atoms with Crippen molar-refractivity contribution in [3.8, 4) is 0 Å². The molecule has 0 aromatic carbocycles. The quantitative estimate of drug-likeness (QED) is 0.763. The molecule has 0 atom stereocenters. The number of hydrogen-bond acceptors (Lipinski definition) is 4. The minimum absolute atomic E-state index is 0.201. The zero-order valence-electron chi connectivity index (χ0n) is 9.73. The molecule has 17 heavy (non-hydrogen) atoms. The molecule has 0 saturated heterocycles. The van der Waals surface area contributed by atoms with Crippen LogP contribution in [0.3, 0.4) is 0 Å². The molecule has 2 rings (SSSR count).